The van der Waals surface area contributed by atoms with E-state index in [2.05, 4.69) is 25.9 Å². The lowest BCUT2D eigenvalue weighted by Gasteiger charge is -2.00. The molecule has 0 unspecified atom stereocenters. The summed E-state index contributed by atoms with van der Waals surface area (Å²) in [5.41, 5.74) is 5.56. The summed E-state index contributed by atoms with van der Waals surface area (Å²) in [6.45, 7) is 0. The minimum Gasteiger partial charge on any atom is -0.440 e. The first kappa shape index (κ1) is 9.54. The summed E-state index contributed by atoms with van der Waals surface area (Å²) in [5.74, 6) is 0.474. The Balaban J connectivity index is 2.28. The zero-order valence-electron chi connectivity index (χ0n) is 6.98. The van der Waals surface area contributed by atoms with Crippen LogP contribution in [0.15, 0.2) is 43.7 Å². The molecule has 0 fully saturated rings. The molecule has 2 aromatic rings. The standard InChI is InChI=1S/C8H6BrN3OS/c9-5-4-12-7(10)3-6(5)14-8-11-1-2-13-8/h1-4H,(H2,10,12). The molecule has 0 saturated carbocycles. The SMILES string of the molecule is Nc1cc(Sc2ncco2)c(Br)cn1. The van der Waals surface area contributed by atoms with E-state index >= 15 is 0 Å². The summed E-state index contributed by atoms with van der Waals surface area (Å²) in [6.07, 6.45) is 4.78. The van der Waals surface area contributed by atoms with Crippen molar-refractivity contribution in [2.24, 2.45) is 0 Å². The molecule has 0 spiro atoms. The molecule has 0 aliphatic heterocycles. The van der Waals surface area contributed by atoms with Crippen LogP contribution in [0.1, 0.15) is 0 Å². The van der Waals surface area contributed by atoms with Gasteiger partial charge in [0.1, 0.15) is 12.1 Å². The van der Waals surface area contributed by atoms with Gasteiger partial charge < -0.3 is 10.2 Å². The fourth-order valence-electron chi connectivity index (χ4n) is 0.868. The van der Waals surface area contributed by atoms with Crippen LogP contribution < -0.4 is 5.73 Å². The molecule has 0 radical (unpaired) electrons. The van der Waals surface area contributed by atoms with E-state index in [0.29, 0.717) is 11.0 Å². The van der Waals surface area contributed by atoms with Crippen LogP contribution in [0.25, 0.3) is 0 Å². The molecule has 14 heavy (non-hydrogen) atoms. The minimum absolute atomic E-state index is 0.474. The second-order valence-corrected chi connectivity index (χ2v) is 4.29. The molecule has 0 aliphatic rings. The maximum Gasteiger partial charge on any atom is 0.260 e. The van der Waals surface area contributed by atoms with Crippen molar-refractivity contribution >= 4 is 33.5 Å². The van der Waals surface area contributed by atoms with E-state index in [1.165, 1.54) is 18.0 Å². The van der Waals surface area contributed by atoms with Gasteiger partial charge in [0.25, 0.3) is 5.22 Å². The average Bonchev–Trinajstić information content (AvgIpc) is 2.64. The second-order valence-electron chi connectivity index (χ2n) is 2.44. The van der Waals surface area contributed by atoms with Crippen LogP contribution in [-0.2, 0) is 0 Å². The molecule has 2 aromatic heterocycles. The van der Waals surface area contributed by atoms with Gasteiger partial charge in [-0.15, -0.1) is 0 Å². The maximum atomic E-state index is 5.56. The lowest BCUT2D eigenvalue weighted by Crippen LogP contribution is -1.89. The zero-order chi connectivity index (χ0) is 9.97. The zero-order valence-corrected chi connectivity index (χ0v) is 9.38. The highest BCUT2D eigenvalue weighted by Crippen LogP contribution is 2.32. The Bertz CT molecular complexity index is 432. The summed E-state index contributed by atoms with van der Waals surface area (Å²) in [5, 5.41) is 0.580. The van der Waals surface area contributed by atoms with Crippen molar-refractivity contribution in [1.29, 1.82) is 0 Å². The van der Waals surface area contributed by atoms with E-state index in [4.69, 9.17) is 10.2 Å². The Morgan fingerprint density at radius 1 is 1.43 bits per heavy atom. The number of nitrogens with two attached hydrogens (primary N) is 1. The number of nitrogen functional groups attached to an aromatic ring is 1. The molecule has 0 atom stereocenters. The number of hydrogen-bond acceptors (Lipinski definition) is 5. The van der Waals surface area contributed by atoms with E-state index in [0.717, 1.165) is 9.37 Å². The van der Waals surface area contributed by atoms with Crippen molar-refractivity contribution in [3.63, 3.8) is 0 Å². The molecule has 0 saturated heterocycles. The van der Waals surface area contributed by atoms with Crippen LogP contribution in [0.3, 0.4) is 0 Å². The van der Waals surface area contributed by atoms with Crippen molar-refractivity contribution in [1.82, 2.24) is 9.97 Å². The topological polar surface area (TPSA) is 64.9 Å². The largest absolute Gasteiger partial charge is 0.440 e. The van der Waals surface area contributed by atoms with Crippen LogP contribution in [-0.4, -0.2) is 9.97 Å². The summed E-state index contributed by atoms with van der Waals surface area (Å²) >= 11 is 4.76. The predicted molar refractivity (Wildman–Crippen MR) is 57.0 cm³/mol. The van der Waals surface area contributed by atoms with E-state index in [-0.39, 0.29) is 0 Å². The van der Waals surface area contributed by atoms with Gasteiger partial charge in [-0.05, 0) is 33.8 Å². The monoisotopic (exact) mass is 271 g/mol. The van der Waals surface area contributed by atoms with Crippen molar-refractivity contribution in [3.05, 3.63) is 29.2 Å². The highest BCUT2D eigenvalue weighted by molar-refractivity contribution is 9.10. The van der Waals surface area contributed by atoms with E-state index in [9.17, 15) is 0 Å². The summed E-state index contributed by atoms with van der Waals surface area (Å²) in [7, 11) is 0. The Hall–Kier alpha value is -1.01. The summed E-state index contributed by atoms with van der Waals surface area (Å²) < 4.78 is 5.97. The van der Waals surface area contributed by atoms with E-state index in [1.807, 2.05) is 0 Å². The van der Waals surface area contributed by atoms with Gasteiger partial charge >= 0.3 is 0 Å². The number of anilines is 1. The Labute approximate surface area is 93.1 Å². The van der Waals surface area contributed by atoms with Crippen molar-refractivity contribution in [3.8, 4) is 0 Å². The number of aromatic nitrogens is 2. The molecule has 0 aliphatic carbocycles. The highest BCUT2D eigenvalue weighted by Gasteiger charge is 2.06. The number of hydrogen-bond donors (Lipinski definition) is 1. The molecule has 2 N–H and O–H groups in total. The first-order chi connectivity index (χ1) is 6.75. The van der Waals surface area contributed by atoms with Crippen LogP contribution in [0.2, 0.25) is 0 Å². The normalized spacial score (nSPS) is 10.4. The molecule has 0 aromatic carbocycles. The fourth-order valence-corrected chi connectivity index (χ4v) is 2.06. The molecule has 2 rings (SSSR count). The number of rotatable bonds is 2. The first-order valence-corrected chi connectivity index (χ1v) is 5.35. The molecular weight excluding hydrogens is 266 g/mol. The number of pyridine rings is 1. The van der Waals surface area contributed by atoms with Gasteiger partial charge in [0, 0.05) is 11.1 Å². The molecular formula is C8H6BrN3OS. The molecule has 6 heteroatoms. The third kappa shape index (κ3) is 2.08. The molecule has 2 heterocycles. The van der Waals surface area contributed by atoms with Crippen molar-refractivity contribution in [2.45, 2.75) is 10.1 Å². The Kier molecular flexibility index (Phi) is 2.74. The third-order valence-corrected chi connectivity index (χ3v) is 3.28. The number of nitrogens with zero attached hydrogens (tertiary/aromatic N) is 2. The lowest BCUT2D eigenvalue weighted by atomic mass is 10.5. The van der Waals surface area contributed by atoms with Gasteiger partial charge in [-0.3, -0.25) is 0 Å². The van der Waals surface area contributed by atoms with Gasteiger partial charge in [-0.1, -0.05) is 0 Å². The van der Waals surface area contributed by atoms with Gasteiger partial charge in [0.15, 0.2) is 0 Å². The third-order valence-electron chi connectivity index (χ3n) is 1.45. The highest BCUT2D eigenvalue weighted by atomic mass is 79.9. The van der Waals surface area contributed by atoms with Gasteiger partial charge in [-0.25, -0.2) is 9.97 Å². The average molecular weight is 272 g/mol. The van der Waals surface area contributed by atoms with Gasteiger partial charge in [-0.2, -0.15) is 0 Å². The Morgan fingerprint density at radius 2 is 2.29 bits per heavy atom. The van der Waals surface area contributed by atoms with E-state index in [1.54, 1.807) is 18.5 Å². The van der Waals surface area contributed by atoms with Crippen molar-refractivity contribution < 1.29 is 4.42 Å². The van der Waals surface area contributed by atoms with Crippen LogP contribution in [0.5, 0.6) is 0 Å². The van der Waals surface area contributed by atoms with Crippen LogP contribution >= 0.6 is 27.7 Å². The number of halogens is 1. The van der Waals surface area contributed by atoms with Crippen molar-refractivity contribution in [2.75, 3.05) is 5.73 Å². The maximum absolute atomic E-state index is 5.56. The number of oxazole rings is 1. The molecule has 0 amide bonds. The van der Waals surface area contributed by atoms with Crippen LogP contribution in [0, 0.1) is 0 Å². The lowest BCUT2D eigenvalue weighted by molar-refractivity contribution is 0.454. The van der Waals surface area contributed by atoms with Gasteiger partial charge in [0.2, 0.25) is 0 Å². The summed E-state index contributed by atoms with van der Waals surface area (Å²) in [6, 6.07) is 1.76. The molecule has 4 nitrogen and oxygen atoms in total. The van der Waals surface area contributed by atoms with E-state index < -0.39 is 0 Å². The fraction of sp³-hybridized carbons (Fsp3) is 0. The molecule has 0 bridgehead atoms. The van der Waals surface area contributed by atoms with Crippen LogP contribution in [0.4, 0.5) is 5.82 Å². The smallest absolute Gasteiger partial charge is 0.260 e. The Morgan fingerprint density at radius 3 is 3.00 bits per heavy atom. The quantitative estimate of drug-likeness (QED) is 0.910. The predicted octanol–water partition coefficient (Wildman–Crippen LogP) is 2.57. The first-order valence-electron chi connectivity index (χ1n) is 3.74. The molecule has 72 valence electrons. The minimum atomic E-state index is 0.474. The van der Waals surface area contributed by atoms with Gasteiger partial charge in [0.05, 0.1) is 10.7 Å². The second kappa shape index (κ2) is 4.02. The summed E-state index contributed by atoms with van der Waals surface area (Å²) in [4.78, 5) is 8.86.